The van der Waals surface area contributed by atoms with Crippen molar-refractivity contribution in [3.63, 3.8) is 0 Å². The van der Waals surface area contributed by atoms with Crippen LogP contribution in [0.4, 0.5) is 0 Å². The number of carbonyl (C=O) groups excluding carboxylic acids is 1. The lowest BCUT2D eigenvalue weighted by atomic mass is 9.92. The van der Waals surface area contributed by atoms with E-state index in [1.54, 1.807) is 12.1 Å². The third-order valence-electron chi connectivity index (χ3n) is 5.55. The van der Waals surface area contributed by atoms with Crippen molar-refractivity contribution in [1.82, 2.24) is 15.4 Å². The zero-order valence-corrected chi connectivity index (χ0v) is 18.0. The molecule has 1 aromatic rings. The third-order valence-corrected chi connectivity index (χ3v) is 7.01. The van der Waals surface area contributed by atoms with Crippen LogP contribution in [-0.4, -0.2) is 40.5 Å². The molecule has 1 aliphatic heterocycles. The van der Waals surface area contributed by atoms with Gasteiger partial charge in [-0.15, -0.1) is 12.4 Å². The van der Waals surface area contributed by atoms with Crippen LogP contribution >= 0.6 is 12.4 Å². The van der Waals surface area contributed by atoms with E-state index >= 15 is 0 Å². The SMILES string of the molecule is Cl.O=C(CCNS(=O)(=O)c1ccc2c(c1)CCCC2)NCCC1CCCNC1. The molecule has 3 rings (SSSR count). The monoisotopic (exact) mass is 429 g/mol. The number of carbonyl (C=O) groups is 1. The van der Waals surface area contributed by atoms with Crippen LogP contribution in [0.2, 0.25) is 0 Å². The lowest BCUT2D eigenvalue weighted by Gasteiger charge is -2.22. The molecule has 158 valence electrons. The van der Waals surface area contributed by atoms with Gasteiger partial charge in [-0.1, -0.05) is 6.07 Å². The van der Waals surface area contributed by atoms with Crippen LogP contribution in [0.25, 0.3) is 0 Å². The summed E-state index contributed by atoms with van der Waals surface area (Å²) in [5.74, 6) is 0.522. The molecule has 1 unspecified atom stereocenters. The van der Waals surface area contributed by atoms with E-state index in [4.69, 9.17) is 0 Å². The van der Waals surface area contributed by atoms with Gasteiger partial charge in [0.2, 0.25) is 15.9 Å². The first-order chi connectivity index (χ1) is 13.0. The minimum atomic E-state index is -3.57. The number of amides is 1. The fourth-order valence-corrected chi connectivity index (χ4v) is 5.02. The number of rotatable bonds is 8. The van der Waals surface area contributed by atoms with Crippen molar-refractivity contribution in [2.75, 3.05) is 26.2 Å². The molecule has 0 aromatic heterocycles. The number of aryl methyl sites for hydroxylation is 2. The van der Waals surface area contributed by atoms with Crippen molar-refractivity contribution in [1.29, 1.82) is 0 Å². The van der Waals surface area contributed by atoms with Gasteiger partial charge in [0.1, 0.15) is 0 Å². The van der Waals surface area contributed by atoms with Gasteiger partial charge in [0.15, 0.2) is 0 Å². The largest absolute Gasteiger partial charge is 0.356 e. The van der Waals surface area contributed by atoms with E-state index in [9.17, 15) is 13.2 Å². The molecule has 1 atom stereocenters. The second-order valence-corrected chi connectivity index (χ2v) is 9.40. The van der Waals surface area contributed by atoms with Crippen LogP contribution in [0.3, 0.4) is 0 Å². The van der Waals surface area contributed by atoms with Gasteiger partial charge in [0.05, 0.1) is 4.90 Å². The van der Waals surface area contributed by atoms with Crippen LogP contribution in [-0.2, 0) is 27.7 Å². The van der Waals surface area contributed by atoms with Crippen LogP contribution in [0.15, 0.2) is 23.1 Å². The Hall–Kier alpha value is -1.15. The van der Waals surface area contributed by atoms with Gasteiger partial charge in [-0.2, -0.15) is 0 Å². The summed E-state index contributed by atoms with van der Waals surface area (Å²) in [7, 11) is -3.57. The maximum absolute atomic E-state index is 12.5. The molecule has 1 aromatic carbocycles. The van der Waals surface area contributed by atoms with Crippen LogP contribution in [0.5, 0.6) is 0 Å². The van der Waals surface area contributed by atoms with Crippen molar-refractivity contribution in [2.45, 2.75) is 56.3 Å². The quantitative estimate of drug-likeness (QED) is 0.591. The zero-order valence-electron chi connectivity index (χ0n) is 16.3. The first kappa shape index (κ1) is 23.1. The van der Waals surface area contributed by atoms with Gasteiger partial charge >= 0.3 is 0 Å². The van der Waals surface area contributed by atoms with Gasteiger partial charge in [0, 0.05) is 19.5 Å². The highest BCUT2D eigenvalue weighted by Crippen LogP contribution is 2.24. The maximum Gasteiger partial charge on any atom is 0.240 e. The number of fused-ring (bicyclic) bond motifs is 1. The summed E-state index contributed by atoms with van der Waals surface area (Å²) in [6, 6.07) is 5.38. The second-order valence-electron chi connectivity index (χ2n) is 7.64. The number of hydrogen-bond donors (Lipinski definition) is 3. The minimum absolute atomic E-state index is 0. The molecule has 0 spiro atoms. The highest BCUT2D eigenvalue weighted by atomic mass is 35.5. The highest BCUT2D eigenvalue weighted by molar-refractivity contribution is 7.89. The van der Waals surface area contributed by atoms with Gasteiger partial charge in [-0.3, -0.25) is 4.79 Å². The summed E-state index contributed by atoms with van der Waals surface area (Å²) in [6.07, 6.45) is 7.79. The summed E-state index contributed by atoms with van der Waals surface area (Å²) in [6.45, 7) is 2.89. The normalized spacial score (nSPS) is 19.4. The molecule has 0 radical (unpaired) electrons. The molecule has 1 amide bonds. The Bertz CT molecular complexity index is 749. The summed E-state index contributed by atoms with van der Waals surface area (Å²) < 4.78 is 27.5. The lowest BCUT2D eigenvalue weighted by molar-refractivity contribution is -0.120. The molecule has 3 N–H and O–H groups in total. The highest BCUT2D eigenvalue weighted by Gasteiger charge is 2.18. The van der Waals surface area contributed by atoms with Gasteiger partial charge in [-0.05, 0) is 87.2 Å². The van der Waals surface area contributed by atoms with Gasteiger partial charge in [-0.25, -0.2) is 13.1 Å². The summed E-state index contributed by atoms with van der Waals surface area (Å²) >= 11 is 0. The Morgan fingerprint density at radius 3 is 2.64 bits per heavy atom. The van der Waals surface area contributed by atoms with Gasteiger partial charge in [0.25, 0.3) is 0 Å². The number of nitrogens with one attached hydrogen (secondary N) is 3. The molecule has 28 heavy (non-hydrogen) atoms. The number of sulfonamides is 1. The average Bonchev–Trinajstić information content (AvgIpc) is 2.68. The van der Waals surface area contributed by atoms with Crippen molar-refractivity contribution in [3.05, 3.63) is 29.3 Å². The average molecular weight is 430 g/mol. The van der Waals surface area contributed by atoms with Gasteiger partial charge < -0.3 is 10.6 Å². The predicted octanol–water partition coefficient (Wildman–Crippen LogP) is 2.16. The molecule has 6 nitrogen and oxygen atoms in total. The fraction of sp³-hybridized carbons (Fsp3) is 0.650. The Morgan fingerprint density at radius 2 is 1.89 bits per heavy atom. The summed E-state index contributed by atoms with van der Waals surface area (Å²) in [4.78, 5) is 12.2. The van der Waals surface area contributed by atoms with Crippen molar-refractivity contribution < 1.29 is 13.2 Å². The lowest BCUT2D eigenvalue weighted by Crippen LogP contribution is -2.34. The summed E-state index contributed by atoms with van der Waals surface area (Å²) in [5.41, 5.74) is 2.40. The number of hydrogen-bond acceptors (Lipinski definition) is 4. The van der Waals surface area contributed by atoms with Crippen molar-refractivity contribution in [3.8, 4) is 0 Å². The molecule has 1 aliphatic carbocycles. The molecule has 0 bridgehead atoms. The Kier molecular flexibility index (Phi) is 9.21. The standard InChI is InChI=1S/C20H31N3O3S.ClH/c24-20(22-12-9-16-4-3-11-21-15-16)10-13-23-27(25,26)19-8-7-17-5-1-2-6-18(17)14-19;/h7-8,14,16,21,23H,1-6,9-13,15H2,(H,22,24);1H. The minimum Gasteiger partial charge on any atom is -0.356 e. The predicted molar refractivity (Wildman–Crippen MR) is 113 cm³/mol. The van der Waals surface area contributed by atoms with Crippen molar-refractivity contribution >= 4 is 28.3 Å². The number of piperidine rings is 1. The molecule has 1 heterocycles. The first-order valence-corrected chi connectivity index (χ1v) is 11.6. The second kappa shape index (κ2) is 11.1. The molecule has 1 saturated heterocycles. The zero-order chi connectivity index (χ0) is 19.1. The molecule has 8 heteroatoms. The molecular weight excluding hydrogens is 398 g/mol. The van der Waals surface area contributed by atoms with E-state index in [-0.39, 0.29) is 31.3 Å². The van der Waals surface area contributed by atoms with E-state index in [0.717, 1.165) is 44.3 Å². The molecule has 0 saturated carbocycles. The smallest absolute Gasteiger partial charge is 0.240 e. The Morgan fingerprint density at radius 1 is 1.11 bits per heavy atom. The van der Waals surface area contributed by atoms with E-state index in [1.165, 1.54) is 24.8 Å². The first-order valence-electron chi connectivity index (χ1n) is 10.1. The summed E-state index contributed by atoms with van der Waals surface area (Å²) in [5, 5.41) is 6.26. The Labute approximate surface area is 174 Å². The number of benzene rings is 1. The molecular formula is C20H32ClN3O3S. The van der Waals surface area contributed by atoms with E-state index in [0.29, 0.717) is 17.4 Å². The number of halogens is 1. The topological polar surface area (TPSA) is 87.3 Å². The maximum atomic E-state index is 12.5. The third kappa shape index (κ3) is 6.72. The van der Waals surface area contributed by atoms with E-state index in [2.05, 4.69) is 15.4 Å². The molecule has 1 fully saturated rings. The fourth-order valence-electron chi connectivity index (χ4n) is 3.93. The van der Waals surface area contributed by atoms with Crippen molar-refractivity contribution in [2.24, 2.45) is 5.92 Å². The van der Waals surface area contributed by atoms with Crippen LogP contribution in [0.1, 0.15) is 49.7 Å². The Balaban J connectivity index is 0.00000280. The van der Waals surface area contributed by atoms with E-state index < -0.39 is 10.0 Å². The molecule has 2 aliphatic rings. The van der Waals surface area contributed by atoms with Crippen LogP contribution < -0.4 is 15.4 Å². The van der Waals surface area contributed by atoms with E-state index in [1.807, 2.05) is 6.07 Å². The van der Waals surface area contributed by atoms with Crippen LogP contribution in [0, 0.1) is 5.92 Å².